The van der Waals surface area contributed by atoms with Crippen LogP contribution in [0.25, 0.3) is 11.4 Å². The fourth-order valence-corrected chi connectivity index (χ4v) is 1.67. The SMILES string of the molecule is c1ccc(-c2ncn(CC3CC3)n2)cc1. The van der Waals surface area contributed by atoms with Gasteiger partial charge in [-0.1, -0.05) is 30.3 Å². The highest BCUT2D eigenvalue weighted by Gasteiger charge is 2.22. The Balaban J connectivity index is 1.83. The van der Waals surface area contributed by atoms with Gasteiger partial charge in [-0.3, -0.25) is 4.68 Å². The Morgan fingerprint density at radius 1 is 1.20 bits per heavy atom. The third kappa shape index (κ3) is 1.91. The molecule has 0 atom stereocenters. The van der Waals surface area contributed by atoms with Crippen molar-refractivity contribution in [1.29, 1.82) is 0 Å². The van der Waals surface area contributed by atoms with Crippen molar-refractivity contribution in [1.82, 2.24) is 14.8 Å². The van der Waals surface area contributed by atoms with Gasteiger partial charge in [-0.2, -0.15) is 5.10 Å². The maximum absolute atomic E-state index is 4.47. The molecule has 76 valence electrons. The molecule has 1 aromatic heterocycles. The molecule has 1 heterocycles. The van der Waals surface area contributed by atoms with Crippen molar-refractivity contribution in [3.63, 3.8) is 0 Å². The van der Waals surface area contributed by atoms with E-state index in [0.29, 0.717) is 0 Å². The van der Waals surface area contributed by atoms with Crippen LogP contribution in [-0.4, -0.2) is 14.8 Å². The Morgan fingerprint density at radius 2 is 2.00 bits per heavy atom. The van der Waals surface area contributed by atoms with Crippen molar-refractivity contribution in [2.45, 2.75) is 19.4 Å². The molecule has 0 spiro atoms. The van der Waals surface area contributed by atoms with E-state index in [2.05, 4.69) is 10.1 Å². The Kier molecular flexibility index (Phi) is 2.02. The summed E-state index contributed by atoms with van der Waals surface area (Å²) in [6.45, 7) is 1.03. The van der Waals surface area contributed by atoms with Crippen molar-refractivity contribution in [2.24, 2.45) is 5.92 Å². The first-order valence-corrected chi connectivity index (χ1v) is 5.37. The van der Waals surface area contributed by atoms with Crippen molar-refractivity contribution in [2.75, 3.05) is 0 Å². The Bertz CT molecular complexity index is 443. The maximum Gasteiger partial charge on any atom is 0.181 e. The lowest BCUT2D eigenvalue weighted by Gasteiger charge is -1.96. The first kappa shape index (κ1) is 8.65. The van der Waals surface area contributed by atoms with Crippen LogP contribution in [-0.2, 0) is 6.54 Å². The predicted octanol–water partition coefficient (Wildman–Crippen LogP) is 2.36. The van der Waals surface area contributed by atoms with Gasteiger partial charge in [-0.15, -0.1) is 0 Å². The summed E-state index contributed by atoms with van der Waals surface area (Å²) in [4.78, 5) is 4.32. The van der Waals surface area contributed by atoms with E-state index < -0.39 is 0 Å². The highest BCUT2D eigenvalue weighted by molar-refractivity contribution is 5.53. The number of benzene rings is 1. The van der Waals surface area contributed by atoms with Gasteiger partial charge in [0, 0.05) is 12.1 Å². The smallest absolute Gasteiger partial charge is 0.181 e. The van der Waals surface area contributed by atoms with Gasteiger partial charge in [0.05, 0.1) is 0 Å². The molecular formula is C12H13N3. The summed E-state index contributed by atoms with van der Waals surface area (Å²) in [6, 6.07) is 10.1. The normalized spacial score (nSPS) is 15.5. The zero-order valence-corrected chi connectivity index (χ0v) is 8.50. The minimum absolute atomic E-state index is 0.830. The molecule has 15 heavy (non-hydrogen) atoms. The fraction of sp³-hybridized carbons (Fsp3) is 0.333. The summed E-state index contributed by atoms with van der Waals surface area (Å²) in [5.41, 5.74) is 1.09. The molecule has 0 aliphatic heterocycles. The van der Waals surface area contributed by atoms with Gasteiger partial charge >= 0.3 is 0 Å². The molecule has 0 unspecified atom stereocenters. The van der Waals surface area contributed by atoms with E-state index in [1.165, 1.54) is 12.8 Å². The molecule has 0 saturated heterocycles. The van der Waals surface area contributed by atoms with Gasteiger partial charge in [0.2, 0.25) is 0 Å². The predicted molar refractivity (Wildman–Crippen MR) is 58.2 cm³/mol. The summed E-state index contributed by atoms with van der Waals surface area (Å²) >= 11 is 0. The van der Waals surface area contributed by atoms with Gasteiger partial charge < -0.3 is 0 Å². The second-order valence-electron chi connectivity index (χ2n) is 4.10. The third-order valence-electron chi connectivity index (χ3n) is 2.71. The van der Waals surface area contributed by atoms with Gasteiger partial charge in [0.15, 0.2) is 5.82 Å². The summed E-state index contributed by atoms with van der Waals surface area (Å²) in [5.74, 6) is 1.67. The molecule has 1 aromatic carbocycles. The fourth-order valence-electron chi connectivity index (χ4n) is 1.67. The molecule has 0 bridgehead atoms. The highest BCUT2D eigenvalue weighted by Crippen LogP contribution is 2.30. The van der Waals surface area contributed by atoms with Crippen LogP contribution in [0.4, 0.5) is 0 Å². The Labute approximate surface area is 88.8 Å². The van der Waals surface area contributed by atoms with E-state index in [1.54, 1.807) is 0 Å². The van der Waals surface area contributed by atoms with Gasteiger partial charge in [-0.05, 0) is 18.8 Å². The Hall–Kier alpha value is -1.64. The monoisotopic (exact) mass is 199 g/mol. The number of hydrogen-bond acceptors (Lipinski definition) is 2. The summed E-state index contributed by atoms with van der Waals surface area (Å²) < 4.78 is 1.96. The molecule has 1 saturated carbocycles. The van der Waals surface area contributed by atoms with Crippen molar-refractivity contribution < 1.29 is 0 Å². The average molecular weight is 199 g/mol. The average Bonchev–Trinajstić information content (AvgIpc) is 2.96. The molecule has 0 N–H and O–H groups in total. The molecule has 1 fully saturated rings. The number of rotatable bonds is 3. The van der Waals surface area contributed by atoms with Crippen LogP contribution < -0.4 is 0 Å². The van der Waals surface area contributed by atoms with Gasteiger partial charge in [0.25, 0.3) is 0 Å². The minimum atomic E-state index is 0.830. The lowest BCUT2D eigenvalue weighted by Crippen LogP contribution is -1.99. The van der Waals surface area contributed by atoms with Gasteiger partial charge in [0.1, 0.15) is 6.33 Å². The van der Waals surface area contributed by atoms with Crippen LogP contribution in [0.15, 0.2) is 36.7 Å². The third-order valence-corrected chi connectivity index (χ3v) is 2.71. The van der Waals surface area contributed by atoms with E-state index in [-0.39, 0.29) is 0 Å². The van der Waals surface area contributed by atoms with Crippen LogP contribution >= 0.6 is 0 Å². The van der Waals surface area contributed by atoms with E-state index in [4.69, 9.17) is 0 Å². The van der Waals surface area contributed by atoms with E-state index >= 15 is 0 Å². The molecule has 2 aromatic rings. The number of aromatic nitrogens is 3. The first-order chi connectivity index (χ1) is 7.42. The molecular weight excluding hydrogens is 186 g/mol. The van der Waals surface area contributed by atoms with E-state index in [9.17, 15) is 0 Å². The quantitative estimate of drug-likeness (QED) is 0.759. The lowest BCUT2D eigenvalue weighted by atomic mass is 10.2. The van der Waals surface area contributed by atoms with E-state index in [0.717, 1.165) is 23.9 Å². The second kappa shape index (κ2) is 3.50. The zero-order chi connectivity index (χ0) is 10.1. The molecule has 0 radical (unpaired) electrons. The second-order valence-corrected chi connectivity index (χ2v) is 4.10. The molecule has 1 aliphatic carbocycles. The minimum Gasteiger partial charge on any atom is -0.252 e. The van der Waals surface area contributed by atoms with Crippen LogP contribution in [0.2, 0.25) is 0 Å². The maximum atomic E-state index is 4.47. The summed E-state index contributed by atoms with van der Waals surface area (Å²) in [6.07, 6.45) is 4.53. The van der Waals surface area contributed by atoms with Gasteiger partial charge in [-0.25, -0.2) is 4.98 Å². The van der Waals surface area contributed by atoms with Crippen LogP contribution in [0.5, 0.6) is 0 Å². The Morgan fingerprint density at radius 3 is 2.73 bits per heavy atom. The highest BCUT2D eigenvalue weighted by atomic mass is 15.3. The number of hydrogen-bond donors (Lipinski definition) is 0. The molecule has 3 heteroatoms. The first-order valence-electron chi connectivity index (χ1n) is 5.37. The summed E-state index contributed by atoms with van der Waals surface area (Å²) in [7, 11) is 0. The molecule has 3 nitrogen and oxygen atoms in total. The lowest BCUT2D eigenvalue weighted by molar-refractivity contribution is 0.563. The van der Waals surface area contributed by atoms with Crippen LogP contribution in [0.1, 0.15) is 12.8 Å². The standard InChI is InChI=1S/C12H13N3/c1-2-4-11(5-3-1)12-13-9-15(14-12)8-10-6-7-10/h1-5,9-10H,6-8H2. The van der Waals surface area contributed by atoms with Crippen LogP contribution in [0, 0.1) is 5.92 Å². The van der Waals surface area contributed by atoms with Crippen molar-refractivity contribution in [3.8, 4) is 11.4 Å². The van der Waals surface area contributed by atoms with Crippen molar-refractivity contribution >= 4 is 0 Å². The molecule has 3 rings (SSSR count). The van der Waals surface area contributed by atoms with E-state index in [1.807, 2.05) is 41.3 Å². The molecule has 0 amide bonds. The van der Waals surface area contributed by atoms with Crippen LogP contribution in [0.3, 0.4) is 0 Å². The summed E-state index contributed by atoms with van der Waals surface area (Å²) in [5, 5.41) is 4.47. The molecule has 1 aliphatic rings. The topological polar surface area (TPSA) is 30.7 Å². The zero-order valence-electron chi connectivity index (χ0n) is 8.50. The largest absolute Gasteiger partial charge is 0.252 e. The number of nitrogens with zero attached hydrogens (tertiary/aromatic N) is 3. The van der Waals surface area contributed by atoms with Crippen molar-refractivity contribution in [3.05, 3.63) is 36.7 Å².